The van der Waals surface area contributed by atoms with E-state index in [0.29, 0.717) is 16.9 Å². The summed E-state index contributed by atoms with van der Waals surface area (Å²) in [7, 11) is 0. The number of aryl methyl sites for hydroxylation is 1. The zero-order chi connectivity index (χ0) is 55.5. The predicted molar refractivity (Wildman–Crippen MR) is 314 cm³/mol. The number of fused-ring (bicyclic) bond motifs is 4. The average molecular weight is 1170 g/mol. The van der Waals surface area contributed by atoms with Crippen molar-refractivity contribution in [2.45, 2.75) is 138 Å². The summed E-state index contributed by atoms with van der Waals surface area (Å²) < 4.78 is 29.6. The number of phenols is 1. The summed E-state index contributed by atoms with van der Waals surface area (Å²) >= 11 is 0. The van der Waals surface area contributed by atoms with E-state index < -0.39 is 6.85 Å². The Balaban J connectivity index is 0.00000740. The Hall–Kier alpha value is -6.55. The van der Waals surface area contributed by atoms with E-state index in [4.69, 9.17) is 14.1 Å². The van der Waals surface area contributed by atoms with E-state index in [9.17, 15) is 5.11 Å². The van der Waals surface area contributed by atoms with Gasteiger partial charge in [-0.1, -0.05) is 175 Å². The van der Waals surface area contributed by atoms with Crippen molar-refractivity contribution in [3.8, 4) is 62.0 Å². The molecule has 1 N–H and O–H groups in total. The van der Waals surface area contributed by atoms with Gasteiger partial charge in [0.1, 0.15) is 11.6 Å². The van der Waals surface area contributed by atoms with E-state index in [0.717, 1.165) is 78.1 Å². The predicted octanol–water partition coefficient (Wildman–Crippen LogP) is 18.5. The number of phenolic OH excluding ortho intramolecular Hbond substituents is 1. The molecule has 0 fully saturated rings. The van der Waals surface area contributed by atoms with E-state index in [2.05, 4.69) is 240 Å². The summed E-state index contributed by atoms with van der Waals surface area (Å²) in [6.45, 7) is 31.3. The maximum Gasteiger partial charge on any atom is 0.148 e. The van der Waals surface area contributed by atoms with Crippen molar-refractivity contribution in [2.75, 3.05) is 0 Å². The fraction of sp³-hybridized carbons (Fsp3) is 0.304. The molecule has 0 unspecified atom stereocenters. The van der Waals surface area contributed by atoms with Crippen LogP contribution in [0.2, 0.25) is 0 Å². The van der Waals surface area contributed by atoms with Gasteiger partial charge in [0.05, 0.1) is 27.6 Å². The molecule has 10 rings (SSSR count). The minimum atomic E-state index is -2.40. The summed E-state index contributed by atoms with van der Waals surface area (Å²) in [5.41, 5.74) is 16.9. The van der Waals surface area contributed by atoms with Crippen molar-refractivity contribution in [2.24, 2.45) is 0 Å². The molecule has 10 aromatic rings. The monoisotopic (exact) mass is 1170 g/mol. The van der Waals surface area contributed by atoms with Crippen molar-refractivity contribution >= 4 is 32.8 Å². The first-order valence-electron chi connectivity index (χ1n) is 27.6. The molecule has 0 bridgehead atoms. The molecule has 0 radical (unpaired) electrons. The van der Waals surface area contributed by atoms with Crippen LogP contribution >= 0.6 is 0 Å². The zero-order valence-electron chi connectivity index (χ0n) is 49.4. The number of imidazole rings is 1. The second-order valence-corrected chi connectivity index (χ2v) is 25.6. The molecule has 0 spiro atoms. The minimum absolute atomic E-state index is 0. The first-order chi connectivity index (χ1) is 35.9. The van der Waals surface area contributed by atoms with Crippen LogP contribution in [0.4, 0.5) is 0 Å². The van der Waals surface area contributed by atoms with Gasteiger partial charge in [0.25, 0.3) is 0 Å². The summed E-state index contributed by atoms with van der Waals surface area (Å²) in [5, 5.41) is 14.1. The van der Waals surface area contributed by atoms with Crippen LogP contribution in [0, 0.1) is 12.9 Å². The molecule has 7 aromatic carbocycles. The molecule has 0 aliphatic heterocycles. The maximum atomic E-state index is 11.7. The first-order valence-corrected chi connectivity index (χ1v) is 26.1. The molecule has 0 aliphatic carbocycles. The maximum absolute atomic E-state index is 11.7. The SMILES string of the molecule is [2H]C([2H])([2H])c1ccc(O)c(-c2nc3c(-c4[c-]c(-c5cc(-c6cc(C(C)(C)C)cc7c8cc(C(C)(C)C)ccc8n(-c8ccccc8)c67)ccn5)cc(C(C)(C)C)c4)cccc3n2-c2cc(C(C)(C)C)cc(C(C)(C)C)c2)c1.[Pt]. The molecular weight excluding hydrogens is 1100 g/mol. The fourth-order valence-corrected chi connectivity index (χ4v) is 10.2. The van der Waals surface area contributed by atoms with Crippen LogP contribution in [0.5, 0.6) is 5.75 Å². The Morgan fingerprint density at radius 2 is 1.09 bits per heavy atom. The second kappa shape index (κ2) is 18.9. The van der Waals surface area contributed by atoms with Gasteiger partial charge >= 0.3 is 0 Å². The van der Waals surface area contributed by atoms with Crippen LogP contribution in [0.25, 0.3) is 89.1 Å². The summed E-state index contributed by atoms with van der Waals surface area (Å²) in [5.74, 6) is 0.382. The number of hydrogen-bond acceptors (Lipinski definition) is 3. The fourth-order valence-electron chi connectivity index (χ4n) is 10.2. The van der Waals surface area contributed by atoms with Crippen molar-refractivity contribution < 1.29 is 30.3 Å². The van der Waals surface area contributed by atoms with Crippen LogP contribution in [0.3, 0.4) is 0 Å². The minimum Gasteiger partial charge on any atom is -0.507 e. The zero-order valence-corrected chi connectivity index (χ0v) is 48.7. The van der Waals surface area contributed by atoms with Crippen LogP contribution in [0.1, 0.15) is 141 Å². The summed E-state index contributed by atoms with van der Waals surface area (Å²) in [6.07, 6.45) is 1.93. The number of pyridine rings is 1. The quantitative estimate of drug-likeness (QED) is 0.169. The molecule has 6 heteroatoms. The number of hydrogen-bond donors (Lipinski definition) is 1. The molecular formula is C69H73N4OPt-. The number of rotatable bonds is 6. The van der Waals surface area contributed by atoms with Gasteiger partial charge in [0, 0.05) is 64.8 Å². The molecule has 5 nitrogen and oxygen atoms in total. The van der Waals surface area contributed by atoms with Crippen molar-refractivity contribution in [1.82, 2.24) is 19.1 Å². The molecule has 0 saturated heterocycles. The van der Waals surface area contributed by atoms with Crippen LogP contribution < -0.4 is 0 Å². The molecule has 0 atom stereocenters. The Bertz CT molecular complexity index is 3910. The van der Waals surface area contributed by atoms with Gasteiger partial charge in [0.2, 0.25) is 0 Å². The average Bonchev–Trinajstić information content (AvgIpc) is 3.94. The number of para-hydroxylation sites is 2. The molecule has 0 saturated carbocycles. The van der Waals surface area contributed by atoms with E-state index in [1.807, 2.05) is 6.20 Å². The molecule has 75 heavy (non-hydrogen) atoms. The smallest absolute Gasteiger partial charge is 0.148 e. The van der Waals surface area contributed by atoms with Crippen LogP contribution in [-0.2, 0) is 48.1 Å². The molecule has 386 valence electrons. The molecule has 3 aromatic heterocycles. The van der Waals surface area contributed by atoms with Gasteiger partial charge in [-0.25, -0.2) is 4.98 Å². The Labute approximate surface area is 464 Å². The number of benzene rings is 7. The van der Waals surface area contributed by atoms with E-state index in [-0.39, 0.29) is 59.5 Å². The molecule has 0 amide bonds. The van der Waals surface area contributed by atoms with Crippen LogP contribution in [0.15, 0.2) is 146 Å². The Morgan fingerprint density at radius 1 is 0.480 bits per heavy atom. The molecule has 0 aliphatic rings. The van der Waals surface area contributed by atoms with Gasteiger partial charge < -0.3 is 9.67 Å². The van der Waals surface area contributed by atoms with Crippen LogP contribution in [-0.4, -0.2) is 24.2 Å². The number of aromatic nitrogens is 4. The normalized spacial score (nSPS) is 13.5. The van der Waals surface area contributed by atoms with E-state index in [1.54, 1.807) is 6.07 Å². The van der Waals surface area contributed by atoms with Gasteiger partial charge in [-0.05, 0) is 135 Å². The molecule has 3 heterocycles. The van der Waals surface area contributed by atoms with Crippen molar-refractivity contribution in [3.05, 3.63) is 185 Å². The van der Waals surface area contributed by atoms with E-state index in [1.165, 1.54) is 34.0 Å². The third kappa shape index (κ3) is 10.1. The third-order valence-electron chi connectivity index (χ3n) is 14.8. The van der Waals surface area contributed by atoms with Crippen molar-refractivity contribution in [3.63, 3.8) is 0 Å². The third-order valence-corrected chi connectivity index (χ3v) is 14.8. The van der Waals surface area contributed by atoms with Gasteiger partial charge in [-0.3, -0.25) is 9.55 Å². The largest absolute Gasteiger partial charge is 0.507 e. The summed E-state index contributed by atoms with van der Waals surface area (Å²) in [4.78, 5) is 10.6. The van der Waals surface area contributed by atoms with Gasteiger partial charge in [0.15, 0.2) is 0 Å². The van der Waals surface area contributed by atoms with E-state index >= 15 is 0 Å². The van der Waals surface area contributed by atoms with Gasteiger partial charge in [-0.15, -0.1) is 29.3 Å². The standard InChI is InChI=1S/C69H73N4O.Pt/c1-42-25-28-61(74)57(31-42)64-71-62-53(23-20-24-60(62)73(64)52-37-48(67(8,9)10)36-49(38-52)68(11,12)13)44-32-45(34-47(33-44)66(5,6)7)58-35-43(29-30-70-58)54-40-50(69(14,15)16)41-56-55-39-46(65(2,3)4)26-27-59(55)72(63(54)56)51-21-18-17-19-22-51;/h17-31,33-41,74H,1-16H3;/q-1;/i1D3;. The van der Waals surface area contributed by atoms with Crippen molar-refractivity contribution in [1.29, 1.82) is 0 Å². The topological polar surface area (TPSA) is 55.9 Å². The number of nitrogens with zero attached hydrogens (tertiary/aromatic N) is 4. The number of aromatic hydroxyl groups is 1. The summed E-state index contributed by atoms with van der Waals surface area (Å²) in [6, 6.07) is 52.5. The first kappa shape index (κ1) is 49.3. The van der Waals surface area contributed by atoms with Gasteiger partial charge in [-0.2, -0.15) is 0 Å². The second-order valence-electron chi connectivity index (χ2n) is 25.6. The Kier molecular flexibility index (Phi) is 12.4. The Morgan fingerprint density at radius 3 is 1.73 bits per heavy atom.